The Bertz CT molecular complexity index is 718. The highest BCUT2D eigenvalue weighted by atomic mass is 16.5. The van der Waals surface area contributed by atoms with Gasteiger partial charge >= 0.3 is 0 Å². The number of nitrogens with one attached hydrogen (secondary N) is 1. The van der Waals surface area contributed by atoms with Gasteiger partial charge in [-0.2, -0.15) is 5.10 Å². The zero-order chi connectivity index (χ0) is 14.5. The molecule has 0 saturated heterocycles. The van der Waals surface area contributed by atoms with Gasteiger partial charge in [-0.1, -0.05) is 18.2 Å². The molecule has 0 unspecified atom stereocenters. The second kappa shape index (κ2) is 6.37. The van der Waals surface area contributed by atoms with E-state index in [0.29, 0.717) is 6.61 Å². The van der Waals surface area contributed by atoms with E-state index in [1.807, 2.05) is 47.5 Å². The zero-order valence-corrected chi connectivity index (χ0v) is 12.0. The van der Waals surface area contributed by atoms with Gasteiger partial charge in [0.2, 0.25) is 0 Å². The number of para-hydroxylation sites is 1. The van der Waals surface area contributed by atoms with Crippen LogP contribution in [0.25, 0.3) is 10.9 Å². The first kappa shape index (κ1) is 13.6. The first-order chi connectivity index (χ1) is 10.4. The van der Waals surface area contributed by atoms with E-state index in [4.69, 9.17) is 4.74 Å². The molecular formula is C16H18N4O. The first-order valence-corrected chi connectivity index (χ1v) is 6.95. The lowest BCUT2D eigenvalue weighted by atomic mass is 10.1. The van der Waals surface area contributed by atoms with Gasteiger partial charge in [0.1, 0.15) is 0 Å². The van der Waals surface area contributed by atoms with E-state index in [2.05, 4.69) is 21.5 Å². The topological polar surface area (TPSA) is 52.0 Å². The third kappa shape index (κ3) is 3.20. The molecule has 5 nitrogen and oxygen atoms in total. The van der Waals surface area contributed by atoms with Crippen molar-refractivity contribution in [2.45, 2.75) is 13.1 Å². The molecule has 3 aromatic rings. The number of benzene rings is 1. The van der Waals surface area contributed by atoms with E-state index in [9.17, 15) is 0 Å². The summed E-state index contributed by atoms with van der Waals surface area (Å²) in [4.78, 5) is 4.38. The third-order valence-corrected chi connectivity index (χ3v) is 3.38. The average molecular weight is 282 g/mol. The molecule has 0 saturated carbocycles. The third-order valence-electron chi connectivity index (χ3n) is 3.38. The Labute approximate surface area is 123 Å². The molecule has 1 N–H and O–H groups in total. The van der Waals surface area contributed by atoms with Crippen molar-refractivity contribution in [3.63, 3.8) is 0 Å². The van der Waals surface area contributed by atoms with E-state index in [1.165, 1.54) is 10.9 Å². The highest BCUT2D eigenvalue weighted by Crippen LogP contribution is 2.17. The second-order valence-electron chi connectivity index (χ2n) is 4.83. The number of rotatable bonds is 6. The summed E-state index contributed by atoms with van der Waals surface area (Å²) in [7, 11) is 1.69. The number of hydrogen-bond donors (Lipinski definition) is 1. The van der Waals surface area contributed by atoms with Gasteiger partial charge in [-0.05, 0) is 17.7 Å². The summed E-state index contributed by atoms with van der Waals surface area (Å²) < 4.78 is 6.92. The van der Waals surface area contributed by atoms with Gasteiger partial charge in [0.25, 0.3) is 0 Å². The summed E-state index contributed by atoms with van der Waals surface area (Å²) in [6.07, 6.45) is 5.67. The lowest BCUT2D eigenvalue weighted by Crippen LogP contribution is -2.04. The fourth-order valence-corrected chi connectivity index (χ4v) is 2.27. The molecule has 0 amide bonds. The predicted molar refractivity (Wildman–Crippen MR) is 83.2 cm³/mol. The summed E-state index contributed by atoms with van der Waals surface area (Å²) in [5.74, 6) is 0. The molecule has 0 aliphatic heterocycles. The van der Waals surface area contributed by atoms with Gasteiger partial charge in [-0.3, -0.25) is 9.67 Å². The number of ether oxygens (including phenoxy) is 1. The molecule has 3 rings (SSSR count). The molecule has 2 heterocycles. The molecule has 0 aliphatic rings. The number of aromatic nitrogens is 3. The number of methoxy groups -OCH3 is 1. The number of fused-ring (bicyclic) bond motifs is 1. The Balaban J connectivity index is 1.70. The maximum Gasteiger partial charge on any atom is 0.0729 e. The van der Waals surface area contributed by atoms with Crippen molar-refractivity contribution in [1.29, 1.82) is 0 Å². The standard InChI is InChI=1S/C16H18N4O/c1-21-9-8-20-12-14(11-19-20)18-10-13-6-7-17-16-5-3-2-4-15(13)16/h2-7,11-12,18H,8-10H2,1H3. The van der Waals surface area contributed by atoms with Crippen LogP contribution in [0.2, 0.25) is 0 Å². The van der Waals surface area contributed by atoms with Gasteiger partial charge in [0.05, 0.1) is 30.6 Å². The van der Waals surface area contributed by atoms with Crippen molar-refractivity contribution in [2.24, 2.45) is 0 Å². The summed E-state index contributed by atoms with van der Waals surface area (Å²) in [5, 5.41) is 8.87. The van der Waals surface area contributed by atoms with Gasteiger partial charge in [0, 0.05) is 31.4 Å². The quantitative estimate of drug-likeness (QED) is 0.755. The molecule has 0 bridgehead atoms. The number of hydrogen-bond acceptors (Lipinski definition) is 4. The smallest absolute Gasteiger partial charge is 0.0729 e. The van der Waals surface area contributed by atoms with Crippen LogP contribution in [0.1, 0.15) is 5.56 Å². The maximum absolute atomic E-state index is 5.04. The Hall–Kier alpha value is -2.40. The molecule has 1 aromatic carbocycles. The molecule has 0 aliphatic carbocycles. The van der Waals surface area contributed by atoms with Crippen molar-refractivity contribution < 1.29 is 4.74 Å². The van der Waals surface area contributed by atoms with Crippen molar-refractivity contribution >= 4 is 16.6 Å². The van der Waals surface area contributed by atoms with Crippen LogP contribution < -0.4 is 5.32 Å². The second-order valence-corrected chi connectivity index (χ2v) is 4.83. The minimum atomic E-state index is 0.663. The van der Waals surface area contributed by atoms with E-state index < -0.39 is 0 Å². The largest absolute Gasteiger partial charge is 0.383 e. The summed E-state index contributed by atoms with van der Waals surface area (Å²) >= 11 is 0. The molecule has 108 valence electrons. The fraction of sp³-hybridized carbons (Fsp3) is 0.250. The highest BCUT2D eigenvalue weighted by molar-refractivity contribution is 5.82. The first-order valence-electron chi connectivity index (χ1n) is 6.95. The van der Waals surface area contributed by atoms with E-state index in [0.717, 1.165) is 24.3 Å². The van der Waals surface area contributed by atoms with Crippen molar-refractivity contribution in [2.75, 3.05) is 19.0 Å². The van der Waals surface area contributed by atoms with Crippen LogP contribution in [0, 0.1) is 0 Å². The zero-order valence-electron chi connectivity index (χ0n) is 12.0. The van der Waals surface area contributed by atoms with Gasteiger partial charge in [-0.15, -0.1) is 0 Å². The Kier molecular flexibility index (Phi) is 4.12. The lowest BCUT2D eigenvalue weighted by molar-refractivity contribution is 0.183. The van der Waals surface area contributed by atoms with E-state index in [-0.39, 0.29) is 0 Å². The molecule has 21 heavy (non-hydrogen) atoms. The van der Waals surface area contributed by atoms with Gasteiger partial charge < -0.3 is 10.1 Å². The van der Waals surface area contributed by atoms with Crippen molar-refractivity contribution in [3.8, 4) is 0 Å². The van der Waals surface area contributed by atoms with Crippen LogP contribution in [-0.2, 0) is 17.8 Å². The number of pyridine rings is 1. The van der Waals surface area contributed by atoms with Crippen LogP contribution in [0.5, 0.6) is 0 Å². The number of anilines is 1. The Morgan fingerprint density at radius 3 is 3.05 bits per heavy atom. The van der Waals surface area contributed by atoms with Crippen LogP contribution in [-0.4, -0.2) is 28.5 Å². The molecular weight excluding hydrogens is 264 g/mol. The van der Waals surface area contributed by atoms with Crippen LogP contribution in [0.3, 0.4) is 0 Å². The van der Waals surface area contributed by atoms with Crippen molar-refractivity contribution in [3.05, 3.63) is 54.5 Å². The summed E-state index contributed by atoms with van der Waals surface area (Å²) in [6.45, 7) is 2.17. The Morgan fingerprint density at radius 2 is 2.14 bits per heavy atom. The minimum Gasteiger partial charge on any atom is -0.383 e. The summed E-state index contributed by atoms with van der Waals surface area (Å²) in [5.41, 5.74) is 3.25. The van der Waals surface area contributed by atoms with Crippen LogP contribution >= 0.6 is 0 Å². The normalized spacial score (nSPS) is 10.9. The SMILES string of the molecule is COCCn1cc(NCc2ccnc3ccccc23)cn1. The molecule has 5 heteroatoms. The molecule has 0 radical (unpaired) electrons. The van der Waals surface area contributed by atoms with Crippen LogP contribution in [0.4, 0.5) is 5.69 Å². The predicted octanol–water partition coefficient (Wildman–Crippen LogP) is 2.69. The summed E-state index contributed by atoms with van der Waals surface area (Å²) in [6, 6.07) is 10.2. The monoisotopic (exact) mass is 282 g/mol. The van der Waals surface area contributed by atoms with Gasteiger partial charge in [0.15, 0.2) is 0 Å². The minimum absolute atomic E-state index is 0.663. The number of nitrogens with zero attached hydrogens (tertiary/aromatic N) is 3. The molecule has 0 atom stereocenters. The average Bonchev–Trinajstić information content (AvgIpc) is 2.99. The fourth-order valence-electron chi connectivity index (χ4n) is 2.27. The van der Waals surface area contributed by atoms with Crippen LogP contribution in [0.15, 0.2) is 48.9 Å². The maximum atomic E-state index is 5.04. The lowest BCUT2D eigenvalue weighted by Gasteiger charge is -2.07. The molecule has 0 fully saturated rings. The van der Waals surface area contributed by atoms with Gasteiger partial charge in [-0.25, -0.2) is 0 Å². The molecule has 2 aromatic heterocycles. The highest BCUT2D eigenvalue weighted by Gasteiger charge is 2.02. The Morgan fingerprint density at radius 1 is 1.24 bits per heavy atom. The van der Waals surface area contributed by atoms with E-state index in [1.54, 1.807) is 7.11 Å². The van der Waals surface area contributed by atoms with Crippen molar-refractivity contribution in [1.82, 2.24) is 14.8 Å². The molecule has 0 spiro atoms. The van der Waals surface area contributed by atoms with E-state index >= 15 is 0 Å².